The van der Waals surface area contributed by atoms with E-state index in [0.717, 1.165) is 6.54 Å². The molecule has 112 valence electrons. The van der Waals surface area contributed by atoms with E-state index in [9.17, 15) is 13.2 Å². The first-order valence-electron chi connectivity index (χ1n) is 6.37. The number of hydrogen-bond donors (Lipinski definition) is 2. The molecule has 5 nitrogen and oxygen atoms in total. The first kappa shape index (κ1) is 14.9. The number of thioether (sulfide) groups is 1. The first-order chi connectivity index (χ1) is 10.00. The van der Waals surface area contributed by atoms with Gasteiger partial charge in [0.15, 0.2) is 9.84 Å². The quantitative estimate of drug-likeness (QED) is 0.865. The second-order valence-electron chi connectivity index (χ2n) is 4.72. The van der Waals surface area contributed by atoms with Crippen molar-refractivity contribution < 1.29 is 8.42 Å². The highest BCUT2D eigenvalue weighted by Crippen LogP contribution is 2.25. The Bertz CT molecular complexity index is 842. The fourth-order valence-corrected chi connectivity index (χ4v) is 5.73. The summed E-state index contributed by atoms with van der Waals surface area (Å²) in [5.41, 5.74) is 0.0650. The Morgan fingerprint density at radius 2 is 2.14 bits per heavy atom. The third-order valence-corrected chi connectivity index (χ3v) is 7.51. The molecule has 0 amide bonds. The van der Waals surface area contributed by atoms with Gasteiger partial charge in [-0.2, -0.15) is 0 Å². The number of sulfone groups is 1. The van der Waals surface area contributed by atoms with Crippen molar-refractivity contribution in [1.29, 1.82) is 0 Å². The molecule has 1 atom stereocenters. The Morgan fingerprint density at radius 1 is 1.33 bits per heavy atom. The summed E-state index contributed by atoms with van der Waals surface area (Å²) in [6.45, 7) is 1.13. The van der Waals surface area contributed by atoms with Crippen LogP contribution in [0, 0.1) is 0 Å². The molecule has 3 rings (SSSR count). The van der Waals surface area contributed by atoms with Crippen molar-refractivity contribution in [3.05, 3.63) is 39.6 Å². The molecule has 1 unspecified atom stereocenters. The van der Waals surface area contributed by atoms with Crippen LogP contribution in [0.4, 0.5) is 0 Å². The zero-order chi connectivity index (χ0) is 15.0. The largest absolute Gasteiger partial charge is 0.360 e. The molecule has 1 aromatic heterocycles. The lowest BCUT2D eigenvalue weighted by Crippen LogP contribution is -2.38. The number of fused-ring (bicyclic) bond motifs is 1. The Labute approximate surface area is 131 Å². The fourth-order valence-electron chi connectivity index (χ4n) is 2.27. The Kier molecular flexibility index (Phi) is 4.00. The highest BCUT2D eigenvalue weighted by atomic mass is 35.5. The number of H-pyrrole nitrogens is 1. The molecular weight excluding hydrogens is 332 g/mol. The highest BCUT2D eigenvalue weighted by Gasteiger charge is 2.32. The van der Waals surface area contributed by atoms with E-state index in [0.29, 0.717) is 22.8 Å². The van der Waals surface area contributed by atoms with Crippen molar-refractivity contribution >= 4 is 44.1 Å². The molecule has 0 bridgehead atoms. The second-order valence-corrected chi connectivity index (χ2v) is 8.87. The fraction of sp³-hybridized carbons (Fsp3) is 0.308. The molecule has 0 aliphatic carbocycles. The average Bonchev–Trinajstić information content (AvgIpc) is 2.49. The summed E-state index contributed by atoms with van der Waals surface area (Å²) >= 11 is 7.24. The Balaban J connectivity index is 2.16. The van der Waals surface area contributed by atoms with Crippen LogP contribution in [-0.4, -0.2) is 36.8 Å². The standard InChI is InChI=1S/C13H13ClN2O3S2/c14-8-1-2-10-9(5-8)13(17)11(6-16-10)21(18,19)12-7-15-3-4-20-12/h1-2,5-6,12,15H,3-4,7H2,(H,16,17). The molecule has 2 heterocycles. The van der Waals surface area contributed by atoms with Gasteiger partial charge in [-0.3, -0.25) is 4.79 Å². The number of rotatable bonds is 2. The maximum Gasteiger partial charge on any atom is 0.208 e. The molecule has 1 aliphatic heterocycles. The molecule has 8 heteroatoms. The topological polar surface area (TPSA) is 79.0 Å². The van der Waals surface area contributed by atoms with Crippen LogP contribution >= 0.6 is 23.4 Å². The van der Waals surface area contributed by atoms with Crippen LogP contribution in [-0.2, 0) is 9.84 Å². The first-order valence-corrected chi connectivity index (χ1v) is 9.34. The lowest BCUT2D eigenvalue weighted by atomic mass is 10.2. The summed E-state index contributed by atoms with van der Waals surface area (Å²) in [4.78, 5) is 15.2. The van der Waals surface area contributed by atoms with E-state index in [1.807, 2.05) is 0 Å². The van der Waals surface area contributed by atoms with Crippen LogP contribution in [0.5, 0.6) is 0 Å². The summed E-state index contributed by atoms with van der Waals surface area (Å²) in [5.74, 6) is 0.710. The third-order valence-electron chi connectivity index (χ3n) is 3.36. The van der Waals surface area contributed by atoms with Crippen LogP contribution in [0.2, 0.25) is 5.02 Å². The van der Waals surface area contributed by atoms with E-state index < -0.39 is 19.8 Å². The van der Waals surface area contributed by atoms with Crippen molar-refractivity contribution in [2.45, 2.75) is 9.48 Å². The van der Waals surface area contributed by atoms with E-state index in [2.05, 4.69) is 10.3 Å². The van der Waals surface area contributed by atoms with Crippen molar-refractivity contribution in [3.8, 4) is 0 Å². The lowest BCUT2D eigenvalue weighted by molar-refractivity contribution is 0.585. The predicted molar refractivity (Wildman–Crippen MR) is 85.9 cm³/mol. The smallest absolute Gasteiger partial charge is 0.208 e. The second kappa shape index (κ2) is 5.64. The number of aromatic nitrogens is 1. The molecule has 1 aliphatic rings. The van der Waals surface area contributed by atoms with Crippen LogP contribution < -0.4 is 10.7 Å². The van der Waals surface area contributed by atoms with Gasteiger partial charge >= 0.3 is 0 Å². The number of benzene rings is 1. The Morgan fingerprint density at radius 3 is 2.86 bits per heavy atom. The van der Waals surface area contributed by atoms with Crippen molar-refractivity contribution in [2.24, 2.45) is 0 Å². The van der Waals surface area contributed by atoms with Crippen LogP contribution in [0.3, 0.4) is 0 Å². The molecule has 21 heavy (non-hydrogen) atoms. The SMILES string of the molecule is O=c1c(S(=O)(=O)C2CNCCS2)c[nH]c2ccc(Cl)cc12. The molecule has 1 aromatic carbocycles. The van der Waals surface area contributed by atoms with Gasteiger partial charge in [0.25, 0.3) is 0 Å². The van der Waals surface area contributed by atoms with Crippen molar-refractivity contribution in [1.82, 2.24) is 10.3 Å². The summed E-state index contributed by atoms with van der Waals surface area (Å²) in [6, 6.07) is 4.79. The van der Waals surface area contributed by atoms with E-state index >= 15 is 0 Å². The van der Waals surface area contributed by atoms with E-state index in [4.69, 9.17) is 11.6 Å². The Hall–Kier alpha value is -1.02. The van der Waals surface area contributed by atoms with Gasteiger partial charge in [-0.05, 0) is 18.2 Å². The molecule has 0 radical (unpaired) electrons. The van der Waals surface area contributed by atoms with E-state index in [-0.39, 0.29) is 10.3 Å². The maximum absolute atomic E-state index is 12.6. The van der Waals surface area contributed by atoms with Crippen molar-refractivity contribution in [3.63, 3.8) is 0 Å². The molecule has 1 saturated heterocycles. The van der Waals surface area contributed by atoms with Gasteiger partial charge in [-0.1, -0.05) is 11.6 Å². The number of pyridine rings is 1. The number of aromatic amines is 1. The van der Waals surface area contributed by atoms with Gasteiger partial charge in [0, 0.05) is 41.0 Å². The van der Waals surface area contributed by atoms with Crippen molar-refractivity contribution in [2.75, 3.05) is 18.8 Å². The molecule has 0 saturated carbocycles. The predicted octanol–water partition coefficient (Wildman–Crippen LogP) is 1.62. The zero-order valence-electron chi connectivity index (χ0n) is 10.9. The molecule has 2 N–H and O–H groups in total. The van der Waals surface area contributed by atoms with Crippen LogP contribution in [0.1, 0.15) is 0 Å². The van der Waals surface area contributed by atoms with Gasteiger partial charge in [-0.15, -0.1) is 11.8 Å². The summed E-state index contributed by atoms with van der Waals surface area (Å²) in [7, 11) is -3.68. The monoisotopic (exact) mass is 344 g/mol. The minimum atomic E-state index is -3.68. The summed E-state index contributed by atoms with van der Waals surface area (Å²) in [6.07, 6.45) is 1.28. The normalized spacial score (nSPS) is 19.8. The van der Waals surface area contributed by atoms with Gasteiger partial charge in [0.1, 0.15) is 9.48 Å². The van der Waals surface area contributed by atoms with Gasteiger partial charge in [0.05, 0.1) is 0 Å². The lowest BCUT2D eigenvalue weighted by Gasteiger charge is -2.22. The van der Waals surface area contributed by atoms with E-state index in [1.165, 1.54) is 24.0 Å². The van der Waals surface area contributed by atoms with Gasteiger partial charge < -0.3 is 10.3 Å². The minimum Gasteiger partial charge on any atom is -0.360 e. The molecular formula is C13H13ClN2O3S2. The van der Waals surface area contributed by atoms with Crippen LogP contribution in [0.25, 0.3) is 10.9 Å². The third kappa shape index (κ3) is 2.70. The van der Waals surface area contributed by atoms with Gasteiger partial charge in [0.2, 0.25) is 5.43 Å². The van der Waals surface area contributed by atoms with Gasteiger partial charge in [-0.25, -0.2) is 8.42 Å². The summed E-state index contributed by atoms with van der Waals surface area (Å²) < 4.78 is 24.6. The molecule has 1 fully saturated rings. The highest BCUT2D eigenvalue weighted by molar-refractivity contribution is 8.13. The summed E-state index contributed by atoms with van der Waals surface area (Å²) in [5, 5.41) is 3.73. The maximum atomic E-state index is 12.6. The number of nitrogens with one attached hydrogen (secondary N) is 2. The minimum absolute atomic E-state index is 0.196. The number of halogens is 1. The molecule has 2 aromatic rings. The number of hydrogen-bond acceptors (Lipinski definition) is 5. The molecule has 0 spiro atoms. The van der Waals surface area contributed by atoms with E-state index in [1.54, 1.807) is 12.1 Å². The van der Waals surface area contributed by atoms with Crippen LogP contribution in [0.15, 0.2) is 34.1 Å². The average molecular weight is 345 g/mol. The zero-order valence-corrected chi connectivity index (χ0v) is 13.3.